The second kappa shape index (κ2) is 5.84. The fraction of sp³-hybridized carbons (Fsp3) is 0.706. The molecule has 5 heteroatoms. The normalized spacial score (nSPS) is 26.6. The lowest BCUT2D eigenvalue weighted by Crippen LogP contribution is -2.51. The predicted molar refractivity (Wildman–Crippen MR) is 91.4 cm³/mol. The standard InChI is InChI=1S/C17H23NO2S2/c19-15(16(5-1-2-6-16)14-4-3-12-21-14)18-9-7-17(8-10-18)20-11-13-22-17/h3-4,12H,1-2,5-11,13H2. The highest BCUT2D eigenvalue weighted by atomic mass is 32.2. The highest BCUT2D eigenvalue weighted by Crippen LogP contribution is 2.46. The molecule has 3 aliphatic rings. The van der Waals surface area contributed by atoms with Gasteiger partial charge in [-0.1, -0.05) is 18.9 Å². The third kappa shape index (κ3) is 2.42. The van der Waals surface area contributed by atoms with Gasteiger partial charge in [0.1, 0.15) is 4.93 Å². The topological polar surface area (TPSA) is 29.5 Å². The van der Waals surface area contributed by atoms with Gasteiger partial charge in [-0.25, -0.2) is 0 Å². The molecule has 0 bridgehead atoms. The van der Waals surface area contributed by atoms with Gasteiger partial charge < -0.3 is 9.64 Å². The van der Waals surface area contributed by atoms with E-state index in [4.69, 9.17) is 4.74 Å². The van der Waals surface area contributed by atoms with E-state index in [1.54, 1.807) is 11.3 Å². The molecule has 0 atom stereocenters. The van der Waals surface area contributed by atoms with Crippen LogP contribution in [0.2, 0.25) is 0 Å². The number of piperidine rings is 1. The zero-order chi connectivity index (χ0) is 15.0. The molecule has 2 saturated heterocycles. The van der Waals surface area contributed by atoms with Gasteiger partial charge in [0.15, 0.2) is 0 Å². The van der Waals surface area contributed by atoms with Crippen LogP contribution in [0.4, 0.5) is 0 Å². The first kappa shape index (κ1) is 15.0. The van der Waals surface area contributed by atoms with Gasteiger partial charge >= 0.3 is 0 Å². The summed E-state index contributed by atoms with van der Waals surface area (Å²) >= 11 is 3.70. The van der Waals surface area contributed by atoms with Gasteiger partial charge in [0.05, 0.1) is 12.0 Å². The summed E-state index contributed by atoms with van der Waals surface area (Å²) < 4.78 is 5.96. The highest BCUT2D eigenvalue weighted by Gasteiger charge is 2.48. The van der Waals surface area contributed by atoms with Crippen LogP contribution < -0.4 is 0 Å². The van der Waals surface area contributed by atoms with Crippen molar-refractivity contribution in [1.82, 2.24) is 4.90 Å². The Kier molecular flexibility index (Phi) is 3.99. The molecule has 1 aromatic rings. The van der Waals surface area contributed by atoms with Crippen molar-refractivity contribution >= 4 is 29.0 Å². The zero-order valence-electron chi connectivity index (χ0n) is 12.9. The Hall–Kier alpha value is -0.520. The Morgan fingerprint density at radius 2 is 1.95 bits per heavy atom. The number of hydrogen-bond donors (Lipinski definition) is 0. The summed E-state index contributed by atoms with van der Waals surface area (Å²) in [5.74, 6) is 1.48. The number of thiophene rings is 1. The molecule has 1 spiro atoms. The van der Waals surface area contributed by atoms with Crippen molar-refractivity contribution in [3.05, 3.63) is 22.4 Å². The van der Waals surface area contributed by atoms with Crippen molar-refractivity contribution < 1.29 is 9.53 Å². The van der Waals surface area contributed by atoms with Crippen LogP contribution in [0, 0.1) is 0 Å². The molecule has 0 N–H and O–H groups in total. The molecule has 22 heavy (non-hydrogen) atoms. The van der Waals surface area contributed by atoms with Gasteiger partial charge in [0, 0.05) is 36.6 Å². The molecular formula is C17H23NO2S2. The quantitative estimate of drug-likeness (QED) is 0.825. The average Bonchev–Trinajstić information content (AvgIpc) is 3.29. The molecule has 1 aliphatic carbocycles. The van der Waals surface area contributed by atoms with Crippen molar-refractivity contribution in [3.63, 3.8) is 0 Å². The Balaban J connectivity index is 1.51. The van der Waals surface area contributed by atoms with E-state index in [9.17, 15) is 4.79 Å². The average molecular weight is 338 g/mol. The maximum atomic E-state index is 13.3. The number of nitrogens with zero attached hydrogens (tertiary/aromatic N) is 1. The lowest BCUT2D eigenvalue weighted by atomic mass is 9.82. The highest BCUT2D eigenvalue weighted by molar-refractivity contribution is 8.00. The fourth-order valence-corrected chi connectivity index (χ4v) is 6.39. The van der Waals surface area contributed by atoms with Crippen LogP contribution in [0.3, 0.4) is 0 Å². The van der Waals surface area contributed by atoms with Crippen molar-refractivity contribution in [2.24, 2.45) is 0 Å². The van der Waals surface area contributed by atoms with Gasteiger partial charge in [0.25, 0.3) is 0 Å². The van der Waals surface area contributed by atoms with E-state index in [0.29, 0.717) is 5.91 Å². The van der Waals surface area contributed by atoms with E-state index in [1.807, 2.05) is 11.8 Å². The molecule has 0 radical (unpaired) electrons. The summed E-state index contributed by atoms with van der Waals surface area (Å²) in [5.41, 5.74) is -0.220. The van der Waals surface area contributed by atoms with Crippen LogP contribution in [0.25, 0.3) is 0 Å². The van der Waals surface area contributed by atoms with Gasteiger partial charge in [-0.05, 0) is 24.3 Å². The van der Waals surface area contributed by atoms with E-state index in [2.05, 4.69) is 22.4 Å². The number of carbonyl (C=O) groups excluding carboxylic acids is 1. The number of rotatable bonds is 2. The smallest absolute Gasteiger partial charge is 0.234 e. The van der Waals surface area contributed by atoms with Gasteiger partial charge in [0.2, 0.25) is 5.91 Å². The fourth-order valence-electron chi connectivity index (χ4n) is 4.23. The summed E-state index contributed by atoms with van der Waals surface area (Å²) in [6.45, 7) is 2.59. The second-order valence-electron chi connectivity index (χ2n) is 6.67. The third-order valence-corrected chi connectivity index (χ3v) is 7.98. The van der Waals surface area contributed by atoms with E-state index in [-0.39, 0.29) is 10.3 Å². The number of thioether (sulfide) groups is 1. The Bertz CT molecular complexity index is 521. The van der Waals surface area contributed by atoms with Crippen LogP contribution in [-0.2, 0) is 14.9 Å². The predicted octanol–water partition coefficient (Wildman–Crippen LogP) is 3.64. The minimum absolute atomic E-state index is 0.0164. The summed E-state index contributed by atoms with van der Waals surface area (Å²) in [6, 6.07) is 4.25. The first-order chi connectivity index (χ1) is 10.7. The Labute approximate surface area is 140 Å². The maximum absolute atomic E-state index is 13.3. The van der Waals surface area contributed by atoms with E-state index in [1.165, 1.54) is 17.7 Å². The number of likely N-dealkylation sites (tertiary alicyclic amines) is 1. The maximum Gasteiger partial charge on any atom is 0.234 e. The SMILES string of the molecule is O=C(N1CCC2(CC1)OCCS2)C1(c2cccs2)CCCC1. The Morgan fingerprint density at radius 1 is 1.18 bits per heavy atom. The van der Waals surface area contributed by atoms with Crippen LogP contribution in [0.5, 0.6) is 0 Å². The molecular weight excluding hydrogens is 314 g/mol. The molecule has 2 aliphatic heterocycles. The number of carbonyl (C=O) groups is 1. The number of hydrogen-bond acceptors (Lipinski definition) is 4. The lowest BCUT2D eigenvalue weighted by Gasteiger charge is -2.41. The van der Waals surface area contributed by atoms with Gasteiger partial charge in [-0.3, -0.25) is 4.79 Å². The summed E-state index contributed by atoms with van der Waals surface area (Å²) in [4.78, 5) is 16.7. The molecule has 120 valence electrons. The monoisotopic (exact) mass is 337 g/mol. The molecule has 3 nitrogen and oxygen atoms in total. The van der Waals surface area contributed by atoms with Crippen LogP contribution >= 0.6 is 23.1 Å². The lowest BCUT2D eigenvalue weighted by molar-refractivity contribution is -0.140. The van der Waals surface area contributed by atoms with Crippen molar-refractivity contribution in [3.8, 4) is 0 Å². The van der Waals surface area contributed by atoms with E-state index < -0.39 is 0 Å². The van der Waals surface area contributed by atoms with Crippen LogP contribution in [0.15, 0.2) is 17.5 Å². The minimum atomic E-state index is -0.220. The van der Waals surface area contributed by atoms with E-state index in [0.717, 1.165) is 51.1 Å². The molecule has 3 fully saturated rings. The number of ether oxygens (including phenoxy) is 1. The van der Waals surface area contributed by atoms with Crippen LogP contribution in [-0.4, -0.2) is 41.2 Å². The molecule has 3 heterocycles. The van der Waals surface area contributed by atoms with Gasteiger partial charge in [-0.15, -0.1) is 23.1 Å². The first-order valence-corrected chi connectivity index (χ1v) is 10.2. The van der Waals surface area contributed by atoms with Gasteiger partial charge in [-0.2, -0.15) is 0 Å². The first-order valence-electron chi connectivity index (χ1n) is 8.36. The van der Waals surface area contributed by atoms with Crippen molar-refractivity contribution in [2.75, 3.05) is 25.4 Å². The third-order valence-electron chi connectivity index (χ3n) is 5.49. The Morgan fingerprint density at radius 3 is 2.55 bits per heavy atom. The minimum Gasteiger partial charge on any atom is -0.363 e. The zero-order valence-corrected chi connectivity index (χ0v) is 14.5. The largest absolute Gasteiger partial charge is 0.363 e. The molecule has 1 saturated carbocycles. The van der Waals surface area contributed by atoms with Crippen molar-refractivity contribution in [2.45, 2.75) is 48.9 Å². The summed E-state index contributed by atoms with van der Waals surface area (Å²) in [7, 11) is 0. The summed E-state index contributed by atoms with van der Waals surface area (Å²) in [5, 5.41) is 2.11. The second-order valence-corrected chi connectivity index (χ2v) is 9.05. The summed E-state index contributed by atoms with van der Waals surface area (Å²) in [6.07, 6.45) is 6.40. The van der Waals surface area contributed by atoms with Crippen LogP contribution in [0.1, 0.15) is 43.4 Å². The number of amides is 1. The van der Waals surface area contributed by atoms with Crippen molar-refractivity contribution in [1.29, 1.82) is 0 Å². The molecule has 4 rings (SSSR count). The van der Waals surface area contributed by atoms with E-state index >= 15 is 0 Å². The molecule has 0 unspecified atom stereocenters. The molecule has 1 amide bonds. The molecule has 0 aromatic carbocycles. The molecule has 1 aromatic heterocycles.